The number of nitrogens with zero attached hydrogens (tertiary/aromatic N) is 2. The predicted octanol–water partition coefficient (Wildman–Crippen LogP) is 5.04. The molecule has 1 saturated heterocycles. The zero-order chi connectivity index (χ0) is 33.7. The van der Waals surface area contributed by atoms with Gasteiger partial charge in [-0.1, -0.05) is 48.2 Å². The summed E-state index contributed by atoms with van der Waals surface area (Å²) in [4.78, 5) is 41.4. The number of aliphatic carboxylic acids is 1. The first kappa shape index (κ1) is 35.1. The van der Waals surface area contributed by atoms with Crippen LogP contribution in [-0.4, -0.2) is 89.0 Å². The third kappa shape index (κ3) is 9.63. The fourth-order valence-corrected chi connectivity index (χ4v) is 6.21. The number of rotatable bonds is 6. The van der Waals surface area contributed by atoms with Crippen LogP contribution in [0.4, 0.5) is 14.9 Å². The van der Waals surface area contributed by atoms with Crippen molar-refractivity contribution in [2.75, 3.05) is 42.6 Å². The Labute approximate surface area is 275 Å². The first-order chi connectivity index (χ1) is 21.5. The first-order valence-corrected chi connectivity index (χ1v) is 16.7. The molecule has 2 amide bonds. The molecule has 46 heavy (non-hydrogen) atoms. The second-order valence-electron chi connectivity index (χ2n) is 13.5. The highest BCUT2D eigenvalue weighted by Gasteiger charge is 2.36. The van der Waals surface area contributed by atoms with E-state index in [4.69, 9.17) is 4.74 Å². The molecular weight excluding hydrogens is 607 g/mol. The Morgan fingerprint density at radius 1 is 1.02 bits per heavy atom. The van der Waals surface area contributed by atoms with Crippen molar-refractivity contribution in [3.63, 3.8) is 0 Å². The summed E-state index contributed by atoms with van der Waals surface area (Å²) >= 11 is 1.33. The Bertz CT molecular complexity index is 1450. The van der Waals surface area contributed by atoms with Crippen LogP contribution in [0.3, 0.4) is 0 Å². The number of hydrogen-bond donors (Lipinski definition) is 3. The van der Waals surface area contributed by atoms with Crippen molar-refractivity contribution >= 4 is 35.4 Å². The fraction of sp³-hybridized carbons (Fsp3) is 0.514. The Morgan fingerprint density at radius 2 is 1.61 bits per heavy atom. The van der Waals surface area contributed by atoms with Gasteiger partial charge in [-0.2, -0.15) is 0 Å². The number of alkyl halides is 1. The molecule has 0 unspecified atom stereocenters. The van der Waals surface area contributed by atoms with Crippen molar-refractivity contribution in [3.8, 4) is 23.0 Å². The van der Waals surface area contributed by atoms with Gasteiger partial charge >= 0.3 is 12.1 Å². The van der Waals surface area contributed by atoms with Gasteiger partial charge in [0.05, 0.1) is 11.8 Å². The lowest BCUT2D eigenvalue weighted by atomic mass is 9.88. The zero-order valence-electron chi connectivity index (χ0n) is 27.5. The lowest BCUT2D eigenvalue weighted by molar-refractivity contribution is -0.141. The lowest BCUT2D eigenvalue weighted by Gasteiger charge is -2.36. The average molecular weight is 653 g/mol. The number of carbonyl (C=O) groups is 3. The number of ether oxygens (including phenoxy) is 1. The molecule has 3 N–H and O–H groups in total. The van der Waals surface area contributed by atoms with Gasteiger partial charge in [-0.25, -0.2) is 14.0 Å². The monoisotopic (exact) mass is 652 g/mol. The minimum Gasteiger partial charge on any atom is -0.480 e. The molecule has 2 aromatic carbocycles. The van der Waals surface area contributed by atoms with Crippen molar-refractivity contribution in [1.29, 1.82) is 0 Å². The SMILES string of the molecule is CC(C)(F)C[C@@H]1N[C@](C)(c2ccc(-c3ccc(N4CCN(C(=O)OC(C)(C)C)CC4)cc3)cc2)C#CCSC[C@@H](C(=O)O)NC1=O. The molecule has 2 aliphatic rings. The van der Waals surface area contributed by atoms with Crippen LogP contribution < -0.4 is 15.5 Å². The fourth-order valence-electron chi connectivity index (χ4n) is 5.46. The number of amides is 2. The minimum atomic E-state index is -1.68. The highest BCUT2D eigenvalue weighted by atomic mass is 32.2. The molecule has 0 spiro atoms. The molecule has 11 heteroatoms. The van der Waals surface area contributed by atoms with Gasteiger partial charge in [0.2, 0.25) is 5.91 Å². The van der Waals surface area contributed by atoms with Crippen LogP contribution in [0.1, 0.15) is 53.5 Å². The molecule has 2 heterocycles. The largest absolute Gasteiger partial charge is 0.480 e. The first-order valence-electron chi connectivity index (χ1n) is 15.5. The van der Waals surface area contributed by atoms with Gasteiger partial charge in [-0.3, -0.25) is 10.1 Å². The van der Waals surface area contributed by atoms with E-state index in [0.717, 1.165) is 22.4 Å². The molecule has 1 fully saturated rings. The maximum absolute atomic E-state index is 14.8. The summed E-state index contributed by atoms with van der Waals surface area (Å²) in [6, 6.07) is 14.1. The predicted molar refractivity (Wildman–Crippen MR) is 181 cm³/mol. The summed E-state index contributed by atoms with van der Waals surface area (Å²) in [5, 5.41) is 15.4. The van der Waals surface area contributed by atoms with Crippen molar-refractivity contribution in [2.24, 2.45) is 0 Å². The molecule has 248 valence electrons. The number of benzene rings is 2. The summed E-state index contributed by atoms with van der Waals surface area (Å²) in [6.07, 6.45) is -0.437. The van der Waals surface area contributed by atoms with Gasteiger partial charge in [0.15, 0.2) is 0 Å². The number of halogens is 1. The van der Waals surface area contributed by atoms with Crippen LogP contribution in [0.5, 0.6) is 0 Å². The minimum absolute atomic E-state index is 0.157. The number of carboxylic acids is 1. The number of carbonyl (C=O) groups excluding carboxylic acids is 2. The summed E-state index contributed by atoms with van der Waals surface area (Å²) in [5.41, 5.74) is 0.710. The van der Waals surface area contributed by atoms with Crippen LogP contribution >= 0.6 is 11.8 Å². The molecule has 0 radical (unpaired) electrons. The summed E-state index contributed by atoms with van der Waals surface area (Å²) < 4.78 is 20.4. The third-order valence-corrected chi connectivity index (χ3v) is 8.76. The maximum Gasteiger partial charge on any atom is 0.410 e. The highest BCUT2D eigenvalue weighted by Crippen LogP contribution is 2.29. The van der Waals surface area contributed by atoms with Gasteiger partial charge in [0.25, 0.3) is 0 Å². The summed E-state index contributed by atoms with van der Waals surface area (Å²) in [7, 11) is 0. The second kappa shape index (κ2) is 14.3. The summed E-state index contributed by atoms with van der Waals surface area (Å²) in [5.74, 6) is 5.20. The van der Waals surface area contributed by atoms with E-state index in [0.29, 0.717) is 31.9 Å². The average Bonchev–Trinajstić information content (AvgIpc) is 3.01. The Morgan fingerprint density at radius 3 is 2.15 bits per heavy atom. The van der Waals surface area contributed by atoms with Gasteiger partial charge in [-0.15, -0.1) is 11.8 Å². The maximum atomic E-state index is 14.8. The number of nitrogens with one attached hydrogen (secondary N) is 2. The van der Waals surface area contributed by atoms with E-state index in [9.17, 15) is 23.9 Å². The van der Waals surface area contributed by atoms with E-state index >= 15 is 0 Å². The third-order valence-electron chi connectivity index (χ3n) is 7.84. The van der Waals surface area contributed by atoms with E-state index in [-0.39, 0.29) is 18.3 Å². The Balaban J connectivity index is 1.48. The topological polar surface area (TPSA) is 111 Å². The van der Waals surface area contributed by atoms with Crippen molar-refractivity contribution in [3.05, 3.63) is 54.1 Å². The van der Waals surface area contributed by atoms with Gasteiger partial charge in [0.1, 0.15) is 22.9 Å². The van der Waals surface area contributed by atoms with Gasteiger partial charge in [0, 0.05) is 44.0 Å². The number of hydrogen-bond acceptors (Lipinski definition) is 7. The molecule has 0 aromatic heterocycles. The van der Waals surface area contributed by atoms with E-state index in [2.05, 4.69) is 51.6 Å². The molecule has 0 bridgehead atoms. The van der Waals surface area contributed by atoms with E-state index in [1.165, 1.54) is 25.6 Å². The molecule has 2 aliphatic heterocycles. The lowest BCUT2D eigenvalue weighted by Crippen LogP contribution is -2.56. The van der Waals surface area contributed by atoms with E-state index in [1.807, 2.05) is 52.0 Å². The van der Waals surface area contributed by atoms with E-state index < -0.39 is 40.8 Å². The number of anilines is 1. The van der Waals surface area contributed by atoms with Crippen LogP contribution in [0, 0.1) is 11.8 Å². The number of piperazine rings is 1. The quantitative estimate of drug-likeness (QED) is 0.373. The van der Waals surface area contributed by atoms with E-state index in [1.54, 1.807) is 4.90 Å². The van der Waals surface area contributed by atoms with Gasteiger partial charge < -0.3 is 25.0 Å². The standard InChI is InChI=1S/C35H45FN4O5S/c1-33(2,3)45-32(44)40-19-17-39(18-20-40)27-14-10-25(11-15-27)24-8-12-26(13-9-24)35(6)16-7-21-46-23-29(31(42)43)37-30(41)28(38-35)22-34(4,5)36/h8-15,28-29,38H,17-23H2,1-6H3,(H,37,41)(H,42,43)/t28-,29-,35-/m0/s1. The number of carboxylic acid groups (broad SMARTS) is 1. The van der Waals surface area contributed by atoms with Crippen LogP contribution in [0.25, 0.3) is 11.1 Å². The normalized spacial score (nSPS) is 23.0. The summed E-state index contributed by atoms with van der Waals surface area (Å²) in [6.45, 7) is 12.9. The molecule has 4 rings (SSSR count). The van der Waals surface area contributed by atoms with Crippen molar-refractivity contribution < 1.29 is 28.6 Å². The smallest absolute Gasteiger partial charge is 0.410 e. The Kier molecular flexibility index (Phi) is 11.0. The second-order valence-corrected chi connectivity index (χ2v) is 14.6. The molecule has 9 nitrogen and oxygen atoms in total. The number of thioether (sulfide) groups is 1. The molecule has 3 atom stereocenters. The van der Waals surface area contributed by atoms with Gasteiger partial charge in [-0.05, 0) is 70.4 Å². The van der Waals surface area contributed by atoms with Crippen LogP contribution in [0.2, 0.25) is 0 Å². The zero-order valence-corrected chi connectivity index (χ0v) is 28.3. The highest BCUT2D eigenvalue weighted by molar-refractivity contribution is 7.99. The molecule has 0 aliphatic carbocycles. The van der Waals surface area contributed by atoms with Crippen LogP contribution in [-0.2, 0) is 19.9 Å². The molecule has 0 saturated carbocycles. The van der Waals surface area contributed by atoms with Crippen molar-refractivity contribution in [2.45, 2.75) is 76.9 Å². The van der Waals surface area contributed by atoms with Crippen LogP contribution in [0.15, 0.2) is 48.5 Å². The van der Waals surface area contributed by atoms with Crippen molar-refractivity contribution in [1.82, 2.24) is 15.5 Å². The molecule has 2 aromatic rings. The Hall–Kier alpha value is -3.75. The molecular formula is C35H45FN4O5S.